The van der Waals surface area contributed by atoms with E-state index >= 15 is 0 Å². The Morgan fingerprint density at radius 1 is 1.35 bits per heavy atom. The topological polar surface area (TPSA) is 98.2 Å². The van der Waals surface area contributed by atoms with Crippen LogP contribution in [0.3, 0.4) is 0 Å². The predicted molar refractivity (Wildman–Crippen MR) is 70.2 cm³/mol. The van der Waals surface area contributed by atoms with Crippen molar-refractivity contribution in [3.8, 4) is 0 Å². The first-order valence-corrected chi connectivity index (χ1v) is 7.04. The highest BCUT2D eigenvalue weighted by Gasteiger charge is 2.10. The number of hydrogen-bond acceptors (Lipinski definition) is 4. The number of benzene rings is 1. The summed E-state index contributed by atoms with van der Waals surface area (Å²) in [5.74, 6) is 0.509. The van der Waals surface area contributed by atoms with Crippen molar-refractivity contribution >= 4 is 21.4 Å². The average Bonchev–Trinajstić information content (AvgIpc) is 2.24. The van der Waals surface area contributed by atoms with Gasteiger partial charge in [0.1, 0.15) is 0 Å². The first-order chi connectivity index (χ1) is 7.82. The van der Waals surface area contributed by atoms with Crippen LogP contribution in [-0.4, -0.2) is 15.0 Å². The van der Waals surface area contributed by atoms with E-state index in [2.05, 4.69) is 19.2 Å². The van der Waals surface area contributed by atoms with Gasteiger partial charge in [-0.15, -0.1) is 0 Å². The van der Waals surface area contributed by atoms with E-state index in [0.717, 1.165) is 13.0 Å². The van der Waals surface area contributed by atoms with Crippen molar-refractivity contribution in [3.63, 3.8) is 0 Å². The van der Waals surface area contributed by atoms with Gasteiger partial charge in [-0.1, -0.05) is 20.3 Å². The molecule has 5 nitrogen and oxygen atoms in total. The van der Waals surface area contributed by atoms with Crippen molar-refractivity contribution in [1.82, 2.24) is 0 Å². The van der Waals surface area contributed by atoms with Crippen LogP contribution in [0.15, 0.2) is 23.1 Å². The van der Waals surface area contributed by atoms with Crippen molar-refractivity contribution in [2.24, 2.45) is 11.1 Å². The van der Waals surface area contributed by atoms with Crippen LogP contribution in [0, 0.1) is 5.92 Å². The van der Waals surface area contributed by atoms with Crippen LogP contribution in [0.5, 0.6) is 0 Å². The van der Waals surface area contributed by atoms with Crippen molar-refractivity contribution < 1.29 is 8.42 Å². The quantitative estimate of drug-likeness (QED) is 0.694. The highest BCUT2D eigenvalue weighted by Crippen LogP contribution is 2.20. The fourth-order valence-corrected chi connectivity index (χ4v) is 1.92. The molecule has 0 bridgehead atoms. The molecule has 0 heterocycles. The minimum absolute atomic E-state index is 0.0316. The van der Waals surface area contributed by atoms with E-state index in [9.17, 15) is 8.42 Å². The van der Waals surface area contributed by atoms with E-state index in [1.54, 1.807) is 6.07 Å². The summed E-state index contributed by atoms with van der Waals surface area (Å²) in [5, 5.41) is 8.21. The fourth-order valence-electron chi connectivity index (χ4n) is 1.32. The lowest BCUT2D eigenvalue weighted by Gasteiger charge is -2.12. The van der Waals surface area contributed by atoms with Gasteiger partial charge in [-0.05, 0) is 24.1 Å². The van der Waals surface area contributed by atoms with Gasteiger partial charge in [-0.3, -0.25) is 0 Å². The number of nitrogen functional groups attached to an aromatic ring is 1. The molecule has 17 heavy (non-hydrogen) atoms. The summed E-state index contributed by atoms with van der Waals surface area (Å²) in [4.78, 5) is 0.0316. The zero-order valence-electron chi connectivity index (χ0n) is 10.1. The van der Waals surface area contributed by atoms with Gasteiger partial charge in [0, 0.05) is 17.9 Å². The van der Waals surface area contributed by atoms with Crippen LogP contribution >= 0.6 is 0 Å². The number of sulfonamides is 1. The van der Waals surface area contributed by atoms with Gasteiger partial charge in [-0.25, -0.2) is 13.6 Å². The molecule has 0 spiro atoms. The maximum Gasteiger partial charge on any atom is 0.238 e. The average molecular weight is 257 g/mol. The summed E-state index contributed by atoms with van der Waals surface area (Å²) in [6.45, 7) is 4.98. The highest BCUT2D eigenvalue weighted by atomic mass is 32.2. The molecule has 1 atom stereocenters. The molecule has 5 N–H and O–H groups in total. The molecule has 6 heteroatoms. The van der Waals surface area contributed by atoms with Crippen LogP contribution in [0.2, 0.25) is 0 Å². The molecule has 0 aromatic heterocycles. The third kappa shape index (κ3) is 4.24. The summed E-state index contributed by atoms with van der Waals surface area (Å²) >= 11 is 0. The molecule has 0 aliphatic heterocycles. The monoisotopic (exact) mass is 257 g/mol. The molecule has 1 rings (SSSR count). The minimum atomic E-state index is -3.71. The van der Waals surface area contributed by atoms with E-state index in [0.29, 0.717) is 17.3 Å². The summed E-state index contributed by atoms with van der Waals surface area (Å²) < 4.78 is 22.5. The van der Waals surface area contributed by atoms with Crippen molar-refractivity contribution in [3.05, 3.63) is 18.2 Å². The maximum absolute atomic E-state index is 11.2. The van der Waals surface area contributed by atoms with Crippen LogP contribution in [0.25, 0.3) is 0 Å². The van der Waals surface area contributed by atoms with E-state index in [1.165, 1.54) is 12.1 Å². The van der Waals surface area contributed by atoms with E-state index < -0.39 is 10.0 Å². The zero-order valence-corrected chi connectivity index (χ0v) is 10.9. The number of rotatable bonds is 5. The molecule has 0 saturated carbocycles. The molecule has 0 fully saturated rings. The van der Waals surface area contributed by atoms with Crippen molar-refractivity contribution in [2.45, 2.75) is 25.2 Å². The Balaban J connectivity index is 2.91. The van der Waals surface area contributed by atoms with Crippen molar-refractivity contribution in [1.29, 1.82) is 0 Å². The van der Waals surface area contributed by atoms with Crippen LogP contribution in [0.4, 0.5) is 11.4 Å². The Hall–Kier alpha value is -1.27. The van der Waals surface area contributed by atoms with E-state index in [-0.39, 0.29) is 4.90 Å². The molecule has 1 unspecified atom stereocenters. The van der Waals surface area contributed by atoms with E-state index in [4.69, 9.17) is 10.9 Å². The number of hydrogen-bond donors (Lipinski definition) is 3. The SMILES string of the molecule is CCC(C)CNc1cc(N)cc(S(N)(=O)=O)c1. The standard InChI is InChI=1S/C11H19N3O2S/c1-3-8(2)7-14-10-4-9(12)5-11(6-10)17(13,15)16/h4-6,8,14H,3,7,12H2,1-2H3,(H2,13,15,16). The molecule has 0 aliphatic rings. The summed E-state index contributed by atoms with van der Waals surface area (Å²) in [5.41, 5.74) is 6.69. The summed E-state index contributed by atoms with van der Waals surface area (Å²) in [7, 11) is -3.71. The Morgan fingerprint density at radius 3 is 2.53 bits per heavy atom. The van der Waals surface area contributed by atoms with E-state index in [1.807, 2.05) is 0 Å². The lowest BCUT2D eigenvalue weighted by Crippen LogP contribution is -2.14. The van der Waals surface area contributed by atoms with Gasteiger partial charge < -0.3 is 11.1 Å². The largest absolute Gasteiger partial charge is 0.399 e. The second kappa shape index (κ2) is 5.37. The van der Waals surface area contributed by atoms with Crippen LogP contribution < -0.4 is 16.2 Å². The second-order valence-corrected chi connectivity index (χ2v) is 5.79. The first-order valence-electron chi connectivity index (χ1n) is 5.50. The summed E-state index contributed by atoms with van der Waals surface area (Å²) in [6, 6.07) is 4.54. The normalized spacial score (nSPS) is 13.4. The number of nitrogens with one attached hydrogen (secondary N) is 1. The number of anilines is 2. The molecule has 96 valence electrons. The predicted octanol–water partition coefficient (Wildman–Crippen LogP) is 1.37. The Morgan fingerprint density at radius 2 is 2.00 bits per heavy atom. The first kappa shape index (κ1) is 13.8. The molecule has 0 amide bonds. The van der Waals surface area contributed by atoms with Gasteiger partial charge in [0.05, 0.1) is 4.90 Å². The minimum Gasteiger partial charge on any atom is -0.399 e. The van der Waals surface area contributed by atoms with Gasteiger partial charge in [0.2, 0.25) is 10.0 Å². The smallest absolute Gasteiger partial charge is 0.238 e. The van der Waals surface area contributed by atoms with Crippen molar-refractivity contribution in [2.75, 3.05) is 17.6 Å². The lowest BCUT2D eigenvalue weighted by atomic mass is 10.1. The molecule has 0 aliphatic carbocycles. The van der Waals surface area contributed by atoms with Gasteiger partial charge in [0.15, 0.2) is 0 Å². The lowest BCUT2D eigenvalue weighted by molar-refractivity contribution is 0.593. The maximum atomic E-state index is 11.2. The Labute approximate surface area is 102 Å². The van der Waals surface area contributed by atoms with Gasteiger partial charge in [-0.2, -0.15) is 0 Å². The highest BCUT2D eigenvalue weighted by molar-refractivity contribution is 7.89. The van der Waals surface area contributed by atoms with Crippen LogP contribution in [-0.2, 0) is 10.0 Å². The van der Waals surface area contributed by atoms with Gasteiger partial charge in [0.25, 0.3) is 0 Å². The summed E-state index contributed by atoms with van der Waals surface area (Å²) in [6.07, 6.45) is 1.05. The molecule has 0 radical (unpaired) electrons. The number of primary sulfonamides is 1. The zero-order chi connectivity index (χ0) is 13.1. The van der Waals surface area contributed by atoms with Crippen LogP contribution in [0.1, 0.15) is 20.3 Å². The Bertz CT molecular complexity index is 485. The number of nitrogens with two attached hydrogens (primary N) is 2. The molecule has 0 saturated heterocycles. The second-order valence-electron chi connectivity index (χ2n) is 4.23. The third-order valence-electron chi connectivity index (χ3n) is 2.61. The molecule has 1 aromatic rings. The molecular weight excluding hydrogens is 238 g/mol. The Kier molecular flexibility index (Phi) is 4.36. The molecular formula is C11H19N3O2S. The third-order valence-corrected chi connectivity index (χ3v) is 3.50. The van der Waals surface area contributed by atoms with Gasteiger partial charge >= 0.3 is 0 Å². The fraction of sp³-hybridized carbons (Fsp3) is 0.455. The molecule has 1 aromatic carbocycles.